The van der Waals surface area contributed by atoms with Crippen molar-refractivity contribution in [3.63, 3.8) is 0 Å². The van der Waals surface area contributed by atoms with E-state index in [2.05, 4.69) is 0 Å². The first-order chi connectivity index (χ1) is 5.13. The van der Waals surface area contributed by atoms with Gasteiger partial charge < -0.3 is 0 Å². The van der Waals surface area contributed by atoms with Gasteiger partial charge in [0.15, 0.2) is 0 Å². The molecule has 0 radical (unpaired) electrons. The molecule has 0 aliphatic carbocycles. The Balaban J connectivity index is 3.41. The number of allylic oxidation sites excluding steroid dienone is 2. The molecule has 0 saturated carbocycles. The average Bonchev–Trinajstić information content (AvgIpc) is 1.85. The first kappa shape index (κ1) is 12.4. The fraction of sp³-hybridized carbons (Fsp3) is 0.333. The van der Waals surface area contributed by atoms with Crippen LogP contribution in [0.2, 0.25) is 0 Å². The van der Waals surface area contributed by atoms with Crippen molar-refractivity contribution in [2.45, 2.75) is 9.67 Å². The quantitative estimate of drug-likeness (QED) is 0.541. The molecule has 0 atom stereocenters. The van der Waals surface area contributed by atoms with Gasteiger partial charge in [-0.3, -0.25) is 0 Å². The van der Waals surface area contributed by atoms with E-state index in [1.807, 2.05) is 8.25 Å². The van der Waals surface area contributed by atoms with E-state index in [9.17, 15) is 0 Å². The molecule has 0 N–H and O–H groups in total. The second-order valence-corrected chi connectivity index (χ2v) is 6.12. The van der Waals surface area contributed by atoms with Gasteiger partial charge in [-0.05, 0) is 0 Å². The summed E-state index contributed by atoms with van der Waals surface area (Å²) in [6, 6.07) is 0. The molecule has 0 aliphatic rings. The van der Waals surface area contributed by atoms with Crippen molar-refractivity contribution >= 4 is 67.3 Å². The number of rotatable bonds is 4. The zero-order valence-corrected chi connectivity index (χ0v) is 10.7. The third-order valence-electron chi connectivity index (χ3n) is 0.605. The van der Waals surface area contributed by atoms with Gasteiger partial charge in [0.25, 0.3) is 0 Å². The maximum atomic E-state index is 5.44. The number of alkyl halides is 4. The van der Waals surface area contributed by atoms with Crippen molar-refractivity contribution in [1.82, 2.24) is 0 Å². The van der Waals surface area contributed by atoms with E-state index in [4.69, 9.17) is 46.4 Å². The minimum atomic E-state index is -0.406. The van der Waals surface area contributed by atoms with Crippen LogP contribution in [-0.4, -0.2) is 30.6 Å². The fourth-order valence-electron chi connectivity index (χ4n) is 0.255. The predicted molar refractivity (Wildman–Crippen MR) is 55.0 cm³/mol. The Hall–Kier alpha value is 1.43. The monoisotopic (exact) mass is 348 g/mol. The van der Waals surface area contributed by atoms with E-state index in [1.54, 1.807) is 12.2 Å². The van der Waals surface area contributed by atoms with Crippen molar-refractivity contribution in [3.8, 4) is 0 Å². The summed E-state index contributed by atoms with van der Waals surface area (Å²) in [4.78, 5) is -0.812. The van der Waals surface area contributed by atoms with Gasteiger partial charge >= 0.3 is 97.4 Å². The SMILES string of the molecule is ClC(Cl)C=C[Te]C=CC(Cl)Cl. The van der Waals surface area contributed by atoms with Crippen LogP contribution < -0.4 is 0 Å². The van der Waals surface area contributed by atoms with Crippen LogP contribution >= 0.6 is 46.4 Å². The Bertz CT molecular complexity index is 126. The van der Waals surface area contributed by atoms with E-state index in [-0.39, 0.29) is 20.9 Å². The first-order valence-electron chi connectivity index (χ1n) is 2.68. The molecule has 0 saturated heterocycles. The summed E-state index contributed by atoms with van der Waals surface area (Å²) in [5, 5.41) is 0. The Morgan fingerprint density at radius 1 is 0.818 bits per heavy atom. The van der Waals surface area contributed by atoms with Gasteiger partial charge in [0.1, 0.15) is 0 Å². The standard InChI is InChI=1S/C6H6Cl4Te/c7-5(8)1-3-11-4-2-6(9)10/h1-6H. The molecule has 0 bridgehead atoms. The zero-order valence-electron chi connectivity index (χ0n) is 5.38. The van der Waals surface area contributed by atoms with Crippen LogP contribution in [0.4, 0.5) is 0 Å². The second-order valence-electron chi connectivity index (χ2n) is 1.46. The first-order valence-corrected chi connectivity index (χ1v) is 7.11. The van der Waals surface area contributed by atoms with Crippen molar-refractivity contribution in [3.05, 3.63) is 20.4 Å². The van der Waals surface area contributed by atoms with Crippen LogP contribution in [0, 0.1) is 0 Å². The Kier molecular flexibility index (Phi) is 9.09. The molecule has 0 rings (SSSR count). The maximum absolute atomic E-state index is 5.44. The van der Waals surface area contributed by atoms with Crippen LogP contribution in [0.1, 0.15) is 0 Å². The molecule has 0 amide bonds. The molecule has 11 heavy (non-hydrogen) atoms. The molecule has 0 fully saturated rings. The molecular formula is C6H6Cl4Te. The Labute approximate surface area is 96.6 Å². The minimum absolute atomic E-state index is 0.302. The third-order valence-corrected chi connectivity index (χ3v) is 2.98. The van der Waals surface area contributed by atoms with Crippen molar-refractivity contribution in [1.29, 1.82) is 0 Å². The van der Waals surface area contributed by atoms with Crippen molar-refractivity contribution in [2.75, 3.05) is 0 Å². The molecule has 0 aliphatic heterocycles. The van der Waals surface area contributed by atoms with Gasteiger partial charge in [0, 0.05) is 0 Å². The summed E-state index contributed by atoms with van der Waals surface area (Å²) in [5.74, 6) is 0. The summed E-state index contributed by atoms with van der Waals surface area (Å²) < 4.78 is 3.95. The third kappa shape index (κ3) is 11.4. The van der Waals surface area contributed by atoms with E-state index < -0.39 is 9.67 Å². The summed E-state index contributed by atoms with van der Waals surface area (Å²) in [7, 11) is 0. The van der Waals surface area contributed by atoms with Gasteiger partial charge in [-0.25, -0.2) is 0 Å². The number of halogens is 4. The average molecular weight is 348 g/mol. The van der Waals surface area contributed by atoms with Crippen LogP contribution in [0.25, 0.3) is 0 Å². The fourth-order valence-corrected chi connectivity index (χ4v) is 3.30. The summed E-state index contributed by atoms with van der Waals surface area (Å²) in [5.41, 5.74) is 0. The van der Waals surface area contributed by atoms with E-state index in [0.717, 1.165) is 0 Å². The predicted octanol–water partition coefficient (Wildman–Crippen LogP) is 3.33. The molecule has 0 spiro atoms. The van der Waals surface area contributed by atoms with Crippen molar-refractivity contribution in [2.24, 2.45) is 0 Å². The van der Waals surface area contributed by atoms with Gasteiger partial charge in [-0.1, -0.05) is 0 Å². The van der Waals surface area contributed by atoms with Crippen LogP contribution in [-0.2, 0) is 0 Å². The summed E-state index contributed by atoms with van der Waals surface area (Å²) in [6.07, 6.45) is 3.49. The topological polar surface area (TPSA) is 0 Å². The van der Waals surface area contributed by atoms with Crippen LogP contribution in [0.15, 0.2) is 20.4 Å². The van der Waals surface area contributed by atoms with Gasteiger partial charge in [-0.15, -0.1) is 0 Å². The summed E-state index contributed by atoms with van der Waals surface area (Å²) >= 11 is 21.5. The normalized spacial score (nSPS) is 12.9. The van der Waals surface area contributed by atoms with E-state index >= 15 is 0 Å². The molecule has 5 heteroatoms. The molecular weight excluding hydrogens is 341 g/mol. The van der Waals surface area contributed by atoms with Gasteiger partial charge in [0.05, 0.1) is 0 Å². The molecule has 0 aromatic rings. The molecule has 0 aromatic carbocycles. The van der Waals surface area contributed by atoms with E-state index in [1.165, 1.54) is 0 Å². The van der Waals surface area contributed by atoms with Crippen LogP contribution in [0.5, 0.6) is 0 Å². The molecule has 64 valence electrons. The van der Waals surface area contributed by atoms with E-state index in [0.29, 0.717) is 0 Å². The summed E-state index contributed by atoms with van der Waals surface area (Å²) in [6.45, 7) is 0. The zero-order chi connectivity index (χ0) is 8.69. The van der Waals surface area contributed by atoms with Gasteiger partial charge in [-0.2, -0.15) is 0 Å². The van der Waals surface area contributed by atoms with Crippen molar-refractivity contribution < 1.29 is 0 Å². The number of hydrogen-bond donors (Lipinski definition) is 0. The second kappa shape index (κ2) is 8.05. The Morgan fingerprint density at radius 2 is 1.18 bits per heavy atom. The van der Waals surface area contributed by atoms with Crippen LogP contribution in [0.3, 0.4) is 0 Å². The molecule has 0 heterocycles. The van der Waals surface area contributed by atoms with Gasteiger partial charge in [0.2, 0.25) is 0 Å². The molecule has 0 nitrogen and oxygen atoms in total. The Morgan fingerprint density at radius 3 is 1.45 bits per heavy atom. The number of hydrogen-bond acceptors (Lipinski definition) is 0. The molecule has 0 unspecified atom stereocenters. The molecule has 0 aromatic heterocycles.